The Morgan fingerprint density at radius 3 is 2.49 bits per heavy atom. The highest BCUT2D eigenvalue weighted by Crippen LogP contribution is 2.31. The van der Waals surface area contributed by atoms with Crippen molar-refractivity contribution in [3.63, 3.8) is 0 Å². The SMILES string of the molecule is C[C@H](NC(=O)c1cccnc1)C(=O)N1CCN(c2c(F)cc(N3C[C@H](CO)OC3=O)cc2F)CC1. The third kappa shape index (κ3) is 5.16. The minimum Gasteiger partial charge on any atom is -0.441 e. The summed E-state index contributed by atoms with van der Waals surface area (Å²) in [4.78, 5) is 44.9. The van der Waals surface area contributed by atoms with Crippen LogP contribution in [0.25, 0.3) is 0 Å². The molecule has 2 aromatic rings. The molecule has 0 bridgehead atoms. The zero-order valence-corrected chi connectivity index (χ0v) is 19.0. The largest absolute Gasteiger partial charge is 0.441 e. The summed E-state index contributed by atoms with van der Waals surface area (Å²) in [5, 5.41) is 11.8. The predicted octanol–water partition coefficient (Wildman–Crippen LogP) is 1.14. The molecule has 2 atom stereocenters. The number of carbonyl (C=O) groups excluding carboxylic acids is 3. The monoisotopic (exact) mass is 489 g/mol. The second-order valence-corrected chi connectivity index (χ2v) is 8.31. The van der Waals surface area contributed by atoms with Crippen LogP contribution in [-0.4, -0.2) is 84.4 Å². The smallest absolute Gasteiger partial charge is 0.414 e. The first-order valence-electron chi connectivity index (χ1n) is 11.1. The summed E-state index contributed by atoms with van der Waals surface area (Å²) in [6, 6.07) is 4.52. The molecule has 2 aliphatic rings. The maximum atomic E-state index is 14.9. The Balaban J connectivity index is 1.37. The number of carbonyl (C=O) groups is 3. The van der Waals surface area contributed by atoms with E-state index in [9.17, 15) is 23.2 Å². The zero-order valence-electron chi connectivity index (χ0n) is 19.0. The van der Waals surface area contributed by atoms with Gasteiger partial charge in [0.1, 0.15) is 17.8 Å². The van der Waals surface area contributed by atoms with E-state index in [0.29, 0.717) is 5.56 Å². The van der Waals surface area contributed by atoms with Crippen LogP contribution >= 0.6 is 0 Å². The molecule has 0 saturated carbocycles. The van der Waals surface area contributed by atoms with Gasteiger partial charge in [-0.1, -0.05) is 0 Å². The Hall–Kier alpha value is -3.80. The minimum atomic E-state index is -0.850. The number of nitrogens with one attached hydrogen (secondary N) is 1. The average molecular weight is 489 g/mol. The van der Waals surface area contributed by atoms with Gasteiger partial charge < -0.3 is 25.0 Å². The summed E-state index contributed by atoms with van der Waals surface area (Å²) in [6.07, 6.45) is 1.40. The molecule has 1 aromatic carbocycles. The second-order valence-electron chi connectivity index (χ2n) is 8.31. The Labute approximate surface area is 200 Å². The Morgan fingerprint density at radius 2 is 1.91 bits per heavy atom. The molecule has 0 aliphatic carbocycles. The summed E-state index contributed by atoms with van der Waals surface area (Å²) >= 11 is 0. The fraction of sp³-hybridized carbons (Fsp3) is 0.391. The highest BCUT2D eigenvalue weighted by atomic mass is 19.1. The van der Waals surface area contributed by atoms with Gasteiger partial charge in [0.05, 0.1) is 24.4 Å². The van der Waals surface area contributed by atoms with E-state index in [0.717, 1.165) is 17.0 Å². The van der Waals surface area contributed by atoms with Crippen LogP contribution in [0.1, 0.15) is 17.3 Å². The highest BCUT2D eigenvalue weighted by molar-refractivity contribution is 5.97. The van der Waals surface area contributed by atoms with Gasteiger partial charge in [0.2, 0.25) is 5.91 Å². The van der Waals surface area contributed by atoms with Gasteiger partial charge in [0.15, 0.2) is 11.6 Å². The van der Waals surface area contributed by atoms with Crippen LogP contribution in [0.5, 0.6) is 0 Å². The molecule has 186 valence electrons. The minimum absolute atomic E-state index is 0.00306. The van der Waals surface area contributed by atoms with Gasteiger partial charge >= 0.3 is 6.09 Å². The second kappa shape index (κ2) is 10.2. The number of hydrogen-bond acceptors (Lipinski definition) is 7. The number of hydrogen-bond donors (Lipinski definition) is 2. The number of amides is 3. The number of aromatic nitrogens is 1. The van der Waals surface area contributed by atoms with Crippen molar-refractivity contribution in [1.82, 2.24) is 15.2 Å². The molecule has 3 heterocycles. The number of aliphatic hydroxyl groups is 1. The van der Waals surface area contributed by atoms with Crippen LogP contribution in [0.3, 0.4) is 0 Å². The average Bonchev–Trinajstić information content (AvgIpc) is 3.24. The lowest BCUT2D eigenvalue weighted by molar-refractivity contribution is -0.133. The Morgan fingerprint density at radius 1 is 1.23 bits per heavy atom. The van der Waals surface area contributed by atoms with E-state index in [1.165, 1.54) is 22.2 Å². The van der Waals surface area contributed by atoms with Crippen molar-refractivity contribution in [3.05, 3.63) is 53.9 Å². The van der Waals surface area contributed by atoms with E-state index >= 15 is 0 Å². The number of benzene rings is 1. The maximum absolute atomic E-state index is 14.9. The van der Waals surface area contributed by atoms with E-state index < -0.39 is 35.8 Å². The number of anilines is 2. The number of pyridine rings is 1. The van der Waals surface area contributed by atoms with Gasteiger partial charge in [0.25, 0.3) is 5.91 Å². The molecule has 10 nitrogen and oxygen atoms in total. The van der Waals surface area contributed by atoms with Crippen molar-refractivity contribution in [3.8, 4) is 0 Å². The molecule has 3 amide bonds. The number of nitrogens with zero attached hydrogens (tertiary/aromatic N) is 4. The molecule has 4 rings (SSSR count). The summed E-state index contributed by atoms with van der Waals surface area (Å²) < 4.78 is 34.7. The van der Waals surface area contributed by atoms with Crippen molar-refractivity contribution in [1.29, 1.82) is 0 Å². The Kier molecular flexibility index (Phi) is 7.10. The molecule has 1 aromatic heterocycles. The van der Waals surface area contributed by atoms with E-state index in [1.54, 1.807) is 19.1 Å². The number of cyclic esters (lactones) is 1. The summed E-state index contributed by atoms with van der Waals surface area (Å²) in [6.45, 7) is 1.96. The van der Waals surface area contributed by atoms with Gasteiger partial charge in [-0.2, -0.15) is 0 Å². The standard InChI is InChI=1S/C23H25F2N5O5/c1-14(27-21(32)15-3-2-4-26-11-15)22(33)29-7-5-28(6-8-29)20-18(24)9-16(10-19(20)25)30-12-17(13-31)35-23(30)34/h2-4,9-11,14,17,31H,5-8,12-13H2,1H3,(H,27,32)/t14-,17+/m0/s1. The van der Waals surface area contributed by atoms with Gasteiger partial charge in [-0.3, -0.25) is 19.5 Å². The first-order chi connectivity index (χ1) is 16.8. The molecule has 2 aliphatic heterocycles. The molecule has 0 radical (unpaired) electrons. The summed E-state index contributed by atoms with van der Waals surface area (Å²) in [5.41, 5.74) is 0.0854. The zero-order chi connectivity index (χ0) is 25.1. The number of ether oxygens (including phenoxy) is 1. The third-order valence-corrected chi connectivity index (χ3v) is 5.94. The van der Waals surface area contributed by atoms with Crippen molar-refractivity contribution in [2.75, 3.05) is 49.1 Å². The first-order valence-corrected chi connectivity index (χ1v) is 11.1. The van der Waals surface area contributed by atoms with E-state index in [1.807, 2.05) is 0 Å². The molecule has 2 N–H and O–H groups in total. The topological polar surface area (TPSA) is 115 Å². The van der Waals surface area contributed by atoms with Crippen LogP contribution in [0.4, 0.5) is 25.0 Å². The molecular formula is C23H25F2N5O5. The number of piperazine rings is 1. The molecule has 2 saturated heterocycles. The van der Waals surface area contributed by atoms with E-state index in [-0.39, 0.29) is 56.6 Å². The molecule has 2 fully saturated rings. The van der Waals surface area contributed by atoms with Crippen LogP contribution < -0.4 is 15.1 Å². The molecule has 35 heavy (non-hydrogen) atoms. The number of aliphatic hydroxyl groups excluding tert-OH is 1. The lowest BCUT2D eigenvalue weighted by Crippen LogP contribution is -2.54. The van der Waals surface area contributed by atoms with Crippen LogP contribution in [0.2, 0.25) is 0 Å². The Bertz CT molecular complexity index is 1090. The van der Waals surface area contributed by atoms with Crippen molar-refractivity contribution < 1.29 is 33.0 Å². The van der Waals surface area contributed by atoms with Gasteiger partial charge in [0, 0.05) is 50.7 Å². The molecule has 0 unspecified atom stereocenters. The lowest BCUT2D eigenvalue weighted by Gasteiger charge is -2.37. The molecular weight excluding hydrogens is 464 g/mol. The predicted molar refractivity (Wildman–Crippen MR) is 121 cm³/mol. The summed E-state index contributed by atoms with van der Waals surface area (Å²) in [5.74, 6) is -2.42. The number of rotatable bonds is 6. The van der Waals surface area contributed by atoms with E-state index in [4.69, 9.17) is 9.84 Å². The maximum Gasteiger partial charge on any atom is 0.414 e. The molecule has 0 spiro atoms. The third-order valence-electron chi connectivity index (χ3n) is 5.94. The summed E-state index contributed by atoms with van der Waals surface area (Å²) in [7, 11) is 0. The fourth-order valence-corrected chi connectivity index (χ4v) is 4.10. The van der Waals surface area contributed by atoms with Crippen LogP contribution in [0.15, 0.2) is 36.7 Å². The van der Waals surface area contributed by atoms with Crippen molar-refractivity contribution in [2.24, 2.45) is 0 Å². The first kappa shape index (κ1) is 24.3. The van der Waals surface area contributed by atoms with Crippen molar-refractivity contribution >= 4 is 29.3 Å². The fourth-order valence-electron chi connectivity index (χ4n) is 4.10. The van der Waals surface area contributed by atoms with Crippen LogP contribution in [-0.2, 0) is 9.53 Å². The quantitative estimate of drug-likeness (QED) is 0.626. The van der Waals surface area contributed by atoms with Gasteiger partial charge in [-0.15, -0.1) is 0 Å². The number of halogens is 2. The van der Waals surface area contributed by atoms with Gasteiger partial charge in [-0.05, 0) is 19.1 Å². The van der Waals surface area contributed by atoms with Crippen molar-refractivity contribution in [2.45, 2.75) is 19.1 Å². The van der Waals surface area contributed by atoms with Gasteiger partial charge in [-0.25, -0.2) is 13.6 Å². The lowest BCUT2D eigenvalue weighted by atomic mass is 10.1. The normalized spacial score (nSPS) is 18.9. The highest BCUT2D eigenvalue weighted by Gasteiger charge is 2.34. The van der Waals surface area contributed by atoms with Crippen LogP contribution in [0, 0.1) is 11.6 Å². The van der Waals surface area contributed by atoms with E-state index in [2.05, 4.69) is 10.3 Å². The molecule has 12 heteroatoms.